The number of fused-ring (bicyclic) bond motifs is 1. The van der Waals surface area contributed by atoms with Gasteiger partial charge < -0.3 is 37.9 Å². The molecule has 0 saturated carbocycles. The number of amides is 1. The molecule has 2 heterocycles. The van der Waals surface area contributed by atoms with E-state index in [9.17, 15) is 9.59 Å². The molecule has 0 atom stereocenters. The monoisotopic (exact) mass is 642 g/mol. The van der Waals surface area contributed by atoms with Gasteiger partial charge in [-0.3, -0.25) is 9.59 Å². The van der Waals surface area contributed by atoms with E-state index in [0.717, 1.165) is 5.69 Å². The second-order valence-electron chi connectivity index (χ2n) is 10.00. The Morgan fingerprint density at radius 3 is 2.05 bits per heavy atom. The number of nitrogens with zero attached hydrogens (tertiary/aromatic N) is 2. The Bertz CT molecular complexity index is 1740. The molecule has 0 radical (unpaired) electrons. The van der Waals surface area contributed by atoms with Crippen LogP contribution in [0.2, 0.25) is 10.0 Å². The zero-order valence-electron chi connectivity index (χ0n) is 25.0. The summed E-state index contributed by atoms with van der Waals surface area (Å²) in [6.07, 6.45) is -0.207. The number of halogens is 2. The molecule has 10 nitrogen and oxygen atoms in total. The van der Waals surface area contributed by atoms with Crippen LogP contribution in [-0.2, 0) is 11.2 Å². The molecule has 1 fully saturated rings. The number of hydrogen-bond donors (Lipinski definition) is 0. The molecule has 5 rings (SSSR count). The largest absolute Gasteiger partial charge is 0.496 e. The van der Waals surface area contributed by atoms with Crippen LogP contribution in [0.1, 0.15) is 5.56 Å². The van der Waals surface area contributed by atoms with Gasteiger partial charge in [0.15, 0.2) is 11.5 Å². The molecule has 0 aliphatic carbocycles. The predicted molar refractivity (Wildman–Crippen MR) is 170 cm³/mol. The Morgan fingerprint density at radius 1 is 0.818 bits per heavy atom. The van der Waals surface area contributed by atoms with Crippen LogP contribution < -0.4 is 34.0 Å². The van der Waals surface area contributed by atoms with Crippen LogP contribution in [0.15, 0.2) is 51.7 Å². The molecule has 1 aliphatic rings. The van der Waals surface area contributed by atoms with Crippen LogP contribution in [0.5, 0.6) is 28.7 Å². The lowest BCUT2D eigenvalue weighted by Crippen LogP contribution is -2.49. The highest BCUT2D eigenvalue weighted by atomic mass is 35.5. The maximum Gasteiger partial charge on any atom is 0.227 e. The van der Waals surface area contributed by atoms with Crippen LogP contribution >= 0.6 is 23.2 Å². The number of rotatable bonds is 9. The zero-order valence-corrected chi connectivity index (χ0v) is 26.5. The smallest absolute Gasteiger partial charge is 0.227 e. The minimum Gasteiger partial charge on any atom is -0.496 e. The average Bonchev–Trinajstić information content (AvgIpc) is 3.04. The summed E-state index contributed by atoms with van der Waals surface area (Å²) in [5, 5.41) is 1.31. The van der Waals surface area contributed by atoms with Crippen molar-refractivity contribution in [3.63, 3.8) is 0 Å². The number of anilines is 1. The van der Waals surface area contributed by atoms with Gasteiger partial charge in [-0.1, -0.05) is 23.2 Å². The molecule has 1 aromatic heterocycles. The molecule has 0 unspecified atom stereocenters. The average molecular weight is 644 g/mol. The summed E-state index contributed by atoms with van der Waals surface area (Å²) in [4.78, 5) is 31.8. The second-order valence-corrected chi connectivity index (χ2v) is 10.8. The third-order valence-corrected chi connectivity index (χ3v) is 8.16. The summed E-state index contributed by atoms with van der Waals surface area (Å²) in [5.74, 6) is 1.78. The Balaban J connectivity index is 1.56. The topological polar surface area (TPSA) is 99.9 Å². The van der Waals surface area contributed by atoms with Gasteiger partial charge in [-0.05, 0) is 30.3 Å². The molecule has 44 heavy (non-hydrogen) atoms. The minimum atomic E-state index is -0.394. The molecule has 1 aliphatic heterocycles. The summed E-state index contributed by atoms with van der Waals surface area (Å²) >= 11 is 12.5. The van der Waals surface area contributed by atoms with E-state index in [2.05, 4.69) is 4.90 Å². The number of piperazine rings is 1. The normalized spacial score (nSPS) is 13.2. The minimum absolute atomic E-state index is 0.170. The van der Waals surface area contributed by atoms with Crippen molar-refractivity contribution >= 4 is 45.8 Å². The number of hydrogen-bond acceptors (Lipinski definition) is 9. The first-order valence-corrected chi connectivity index (χ1v) is 14.5. The standard InChI is InChI=1S/C32H32Cl2N2O8/c1-39-20-15-24(40-2)29-25(16-20)44-31(18-12-26(41-3)32(43-5)27(13-18)42-4)21(30(29)38)17-28(37)36-10-8-35(9-11-36)23-7-6-19(33)14-22(23)34/h6-7,12-16H,8-11,17H2,1-5H3. The first kappa shape index (κ1) is 31.2. The van der Waals surface area contributed by atoms with Gasteiger partial charge in [-0.2, -0.15) is 0 Å². The summed E-state index contributed by atoms with van der Waals surface area (Å²) in [7, 11) is 7.45. The van der Waals surface area contributed by atoms with Crippen LogP contribution in [0.4, 0.5) is 5.69 Å². The highest BCUT2D eigenvalue weighted by Crippen LogP contribution is 2.43. The lowest BCUT2D eigenvalue weighted by atomic mass is 10.00. The molecule has 1 amide bonds. The maximum atomic E-state index is 14.2. The molecular weight excluding hydrogens is 611 g/mol. The number of ether oxygens (including phenoxy) is 5. The van der Waals surface area contributed by atoms with Gasteiger partial charge in [0.05, 0.1) is 58.2 Å². The Hall–Kier alpha value is -4.28. The third kappa shape index (κ3) is 5.92. The molecule has 232 valence electrons. The van der Waals surface area contributed by atoms with Gasteiger partial charge in [0.2, 0.25) is 17.1 Å². The van der Waals surface area contributed by atoms with Crippen LogP contribution in [-0.4, -0.2) is 72.5 Å². The number of benzene rings is 3. The third-order valence-electron chi connectivity index (χ3n) is 7.62. The fourth-order valence-electron chi connectivity index (χ4n) is 5.38. The first-order valence-electron chi connectivity index (χ1n) is 13.7. The Kier molecular flexibility index (Phi) is 9.31. The Morgan fingerprint density at radius 2 is 1.48 bits per heavy atom. The Labute approximate surface area is 264 Å². The summed E-state index contributed by atoms with van der Waals surface area (Å²) in [5.41, 5.74) is 1.33. The molecule has 1 saturated heterocycles. The zero-order chi connectivity index (χ0) is 31.5. The van der Waals surface area contributed by atoms with Crippen molar-refractivity contribution < 1.29 is 32.9 Å². The predicted octanol–water partition coefficient (Wildman–Crippen LogP) is 5.70. The molecule has 0 bridgehead atoms. The van der Waals surface area contributed by atoms with Gasteiger partial charge >= 0.3 is 0 Å². The SMILES string of the molecule is COc1cc(OC)c2c(=O)c(CC(=O)N3CCN(c4ccc(Cl)cc4Cl)CC3)c(-c3cc(OC)c(OC)c(OC)c3)oc2c1. The molecule has 3 aromatic carbocycles. The van der Waals surface area contributed by atoms with E-state index in [1.807, 2.05) is 6.07 Å². The lowest BCUT2D eigenvalue weighted by molar-refractivity contribution is -0.130. The lowest BCUT2D eigenvalue weighted by Gasteiger charge is -2.36. The van der Waals surface area contributed by atoms with Crippen molar-refractivity contribution in [2.45, 2.75) is 6.42 Å². The van der Waals surface area contributed by atoms with Crippen LogP contribution in [0.25, 0.3) is 22.3 Å². The van der Waals surface area contributed by atoms with E-state index in [4.69, 9.17) is 51.3 Å². The molecule has 12 heteroatoms. The number of methoxy groups -OCH3 is 5. The van der Waals surface area contributed by atoms with Crippen molar-refractivity contribution in [2.24, 2.45) is 0 Å². The van der Waals surface area contributed by atoms with E-state index in [0.29, 0.717) is 64.8 Å². The second kappa shape index (κ2) is 13.2. The molecule has 0 spiro atoms. The van der Waals surface area contributed by atoms with Crippen LogP contribution in [0.3, 0.4) is 0 Å². The fourth-order valence-corrected chi connectivity index (χ4v) is 5.91. The van der Waals surface area contributed by atoms with Gasteiger partial charge in [-0.15, -0.1) is 0 Å². The van der Waals surface area contributed by atoms with Crippen molar-refractivity contribution in [2.75, 3.05) is 66.6 Å². The molecular formula is C32H32Cl2N2O8. The van der Waals surface area contributed by atoms with Crippen molar-refractivity contribution in [1.82, 2.24) is 4.90 Å². The van der Waals surface area contributed by atoms with Crippen molar-refractivity contribution in [3.8, 4) is 40.1 Å². The van der Waals surface area contributed by atoms with E-state index in [1.54, 1.807) is 41.3 Å². The maximum absolute atomic E-state index is 14.2. The van der Waals surface area contributed by atoms with Crippen LogP contribution in [0, 0.1) is 0 Å². The highest BCUT2D eigenvalue weighted by Gasteiger charge is 2.28. The van der Waals surface area contributed by atoms with Gasteiger partial charge in [0.25, 0.3) is 0 Å². The van der Waals surface area contributed by atoms with Crippen molar-refractivity contribution in [3.05, 3.63) is 68.3 Å². The number of carbonyl (C=O) groups excluding carboxylic acids is 1. The quantitative estimate of drug-likeness (QED) is 0.227. The molecule has 0 N–H and O–H groups in total. The van der Waals surface area contributed by atoms with E-state index < -0.39 is 5.43 Å². The molecule has 4 aromatic rings. The number of carbonyl (C=O) groups is 1. The summed E-state index contributed by atoms with van der Waals surface area (Å²) < 4.78 is 33.9. The van der Waals surface area contributed by atoms with E-state index in [1.165, 1.54) is 35.5 Å². The van der Waals surface area contributed by atoms with Gasteiger partial charge in [0.1, 0.15) is 28.2 Å². The van der Waals surface area contributed by atoms with Crippen molar-refractivity contribution in [1.29, 1.82) is 0 Å². The van der Waals surface area contributed by atoms with Gasteiger partial charge in [-0.25, -0.2) is 0 Å². The van der Waals surface area contributed by atoms with E-state index >= 15 is 0 Å². The first-order chi connectivity index (χ1) is 21.2. The van der Waals surface area contributed by atoms with E-state index in [-0.39, 0.29) is 40.4 Å². The summed E-state index contributed by atoms with van der Waals surface area (Å²) in [6, 6.07) is 11.9. The highest BCUT2D eigenvalue weighted by molar-refractivity contribution is 6.36. The fraction of sp³-hybridized carbons (Fsp3) is 0.312. The van der Waals surface area contributed by atoms with Gasteiger partial charge in [0, 0.05) is 48.9 Å². The summed E-state index contributed by atoms with van der Waals surface area (Å²) in [6.45, 7) is 2.01.